The van der Waals surface area contributed by atoms with Crippen LogP contribution in [0.1, 0.15) is 17.1 Å². The molecule has 0 aliphatic heterocycles. The summed E-state index contributed by atoms with van der Waals surface area (Å²) in [4.78, 5) is 0. The second kappa shape index (κ2) is 4.97. The number of nitrogens with one attached hydrogen (secondary N) is 1. The molecule has 1 aromatic carbocycles. The zero-order chi connectivity index (χ0) is 13.9. The predicted octanol–water partition coefficient (Wildman–Crippen LogP) is 2.41. The van der Waals surface area contributed by atoms with Crippen LogP contribution in [0.15, 0.2) is 34.9 Å². The van der Waals surface area contributed by atoms with Crippen LogP contribution in [0.2, 0.25) is 0 Å². The Kier molecular flexibility index (Phi) is 3.01. The third-order valence-corrected chi connectivity index (χ3v) is 2.89. The number of hydrogen-bond donors (Lipinski definition) is 1. The number of hydrogen-bond acceptors (Lipinski definition) is 6. The van der Waals surface area contributed by atoms with E-state index in [0.29, 0.717) is 18.0 Å². The van der Waals surface area contributed by atoms with Gasteiger partial charge in [-0.1, -0.05) is 23.4 Å². The molecule has 0 radical (unpaired) electrons. The Hall–Kier alpha value is -2.94. The van der Waals surface area contributed by atoms with E-state index in [1.807, 2.05) is 43.3 Å². The van der Waals surface area contributed by atoms with Crippen molar-refractivity contribution in [3.63, 3.8) is 0 Å². The second-order valence-corrected chi connectivity index (χ2v) is 4.34. The van der Waals surface area contributed by atoms with Crippen molar-refractivity contribution in [3.05, 3.63) is 47.5 Å². The van der Waals surface area contributed by atoms with Gasteiger partial charge in [-0.2, -0.15) is 5.26 Å². The van der Waals surface area contributed by atoms with Crippen LogP contribution in [-0.2, 0) is 6.54 Å². The van der Waals surface area contributed by atoms with E-state index in [-0.39, 0.29) is 5.69 Å². The summed E-state index contributed by atoms with van der Waals surface area (Å²) in [5, 5.41) is 25.0. The Labute approximate surface area is 115 Å². The highest BCUT2D eigenvalue weighted by Crippen LogP contribution is 2.24. The summed E-state index contributed by atoms with van der Waals surface area (Å²) in [6.07, 6.45) is 0. The van der Waals surface area contributed by atoms with E-state index in [1.165, 1.54) is 0 Å². The lowest BCUT2D eigenvalue weighted by atomic mass is 10.1. The van der Waals surface area contributed by atoms with Crippen LogP contribution in [0, 0.1) is 18.3 Å². The third kappa shape index (κ3) is 2.17. The molecule has 0 spiro atoms. The molecule has 2 heterocycles. The normalized spacial score (nSPS) is 10.4. The van der Waals surface area contributed by atoms with Crippen LogP contribution in [0.3, 0.4) is 0 Å². The summed E-state index contributed by atoms with van der Waals surface area (Å²) in [7, 11) is 0. The Morgan fingerprint density at radius 1 is 1.30 bits per heavy atom. The molecule has 3 aromatic rings. The zero-order valence-electron chi connectivity index (χ0n) is 10.8. The fourth-order valence-corrected chi connectivity index (χ4v) is 1.99. The van der Waals surface area contributed by atoms with Crippen molar-refractivity contribution in [1.82, 2.24) is 15.4 Å². The lowest BCUT2D eigenvalue weighted by Crippen LogP contribution is -2.04. The summed E-state index contributed by atoms with van der Waals surface area (Å²) >= 11 is 0. The SMILES string of the molecule is Cc1cc(CNc2c(C#N)nnc3ccccc23)on1. The van der Waals surface area contributed by atoms with Crippen LogP contribution in [0.4, 0.5) is 5.69 Å². The molecule has 0 amide bonds. The van der Waals surface area contributed by atoms with E-state index < -0.39 is 0 Å². The molecule has 6 heteroatoms. The molecule has 20 heavy (non-hydrogen) atoms. The molecular weight excluding hydrogens is 254 g/mol. The highest BCUT2D eigenvalue weighted by molar-refractivity contribution is 5.92. The number of nitrogens with zero attached hydrogens (tertiary/aromatic N) is 4. The molecule has 0 aliphatic rings. The average molecular weight is 265 g/mol. The largest absolute Gasteiger partial charge is 0.375 e. The van der Waals surface area contributed by atoms with Crippen molar-refractivity contribution in [2.45, 2.75) is 13.5 Å². The molecule has 0 bridgehead atoms. The maximum Gasteiger partial charge on any atom is 0.186 e. The molecule has 0 unspecified atom stereocenters. The first kappa shape index (κ1) is 12.1. The van der Waals surface area contributed by atoms with E-state index in [0.717, 1.165) is 16.6 Å². The van der Waals surface area contributed by atoms with Crippen molar-refractivity contribution in [3.8, 4) is 6.07 Å². The topological polar surface area (TPSA) is 87.6 Å². The smallest absolute Gasteiger partial charge is 0.186 e. The molecule has 0 atom stereocenters. The fraction of sp³-hybridized carbons (Fsp3) is 0.143. The first-order chi connectivity index (χ1) is 9.78. The van der Waals surface area contributed by atoms with Gasteiger partial charge in [-0.3, -0.25) is 0 Å². The Morgan fingerprint density at radius 2 is 2.15 bits per heavy atom. The monoisotopic (exact) mass is 265 g/mol. The minimum atomic E-state index is 0.264. The van der Waals surface area contributed by atoms with Gasteiger partial charge in [0.2, 0.25) is 0 Å². The van der Waals surface area contributed by atoms with Crippen LogP contribution in [-0.4, -0.2) is 15.4 Å². The van der Waals surface area contributed by atoms with E-state index in [2.05, 4.69) is 20.7 Å². The summed E-state index contributed by atoms with van der Waals surface area (Å²) in [6, 6.07) is 11.4. The van der Waals surface area contributed by atoms with Gasteiger partial charge in [0, 0.05) is 11.5 Å². The first-order valence-electron chi connectivity index (χ1n) is 6.09. The quantitative estimate of drug-likeness (QED) is 0.782. The molecule has 6 nitrogen and oxygen atoms in total. The molecule has 0 aliphatic carbocycles. The Bertz CT molecular complexity index is 803. The van der Waals surface area contributed by atoms with Crippen LogP contribution < -0.4 is 5.32 Å². The third-order valence-electron chi connectivity index (χ3n) is 2.89. The van der Waals surface area contributed by atoms with Gasteiger partial charge in [0.05, 0.1) is 23.4 Å². The average Bonchev–Trinajstić information content (AvgIpc) is 2.90. The van der Waals surface area contributed by atoms with Crippen molar-refractivity contribution in [2.75, 3.05) is 5.32 Å². The van der Waals surface area contributed by atoms with E-state index >= 15 is 0 Å². The van der Waals surface area contributed by atoms with Crippen molar-refractivity contribution in [2.24, 2.45) is 0 Å². The summed E-state index contributed by atoms with van der Waals surface area (Å²) < 4.78 is 5.14. The van der Waals surface area contributed by atoms with Gasteiger partial charge >= 0.3 is 0 Å². The van der Waals surface area contributed by atoms with Gasteiger partial charge in [-0.25, -0.2) is 0 Å². The standard InChI is InChI=1S/C14H11N5O/c1-9-6-10(20-19-9)8-16-14-11-4-2-3-5-12(11)17-18-13(14)7-15/h2-6H,8H2,1H3,(H,16,17). The number of anilines is 1. The number of benzene rings is 1. The molecule has 0 saturated heterocycles. The number of fused-ring (bicyclic) bond motifs is 1. The number of nitriles is 1. The van der Waals surface area contributed by atoms with Gasteiger partial charge < -0.3 is 9.84 Å². The van der Waals surface area contributed by atoms with E-state index in [1.54, 1.807) is 0 Å². The van der Waals surface area contributed by atoms with Gasteiger partial charge in [-0.05, 0) is 13.0 Å². The lowest BCUT2D eigenvalue weighted by Gasteiger charge is -2.08. The number of rotatable bonds is 3. The molecule has 2 aromatic heterocycles. The number of aryl methyl sites for hydroxylation is 1. The summed E-state index contributed by atoms with van der Waals surface area (Å²) in [5.74, 6) is 0.701. The molecule has 1 N–H and O–H groups in total. The molecule has 0 saturated carbocycles. The first-order valence-corrected chi connectivity index (χ1v) is 6.09. The van der Waals surface area contributed by atoms with Gasteiger partial charge in [0.1, 0.15) is 6.07 Å². The minimum Gasteiger partial charge on any atom is -0.375 e. The second-order valence-electron chi connectivity index (χ2n) is 4.34. The van der Waals surface area contributed by atoms with Crippen LogP contribution >= 0.6 is 0 Å². The molecule has 98 valence electrons. The maximum absolute atomic E-state index is 9.15. The van der Waals surface area contributed by atoms with E-state index in [4.69, 9.17) is 9.78 Å². The highest BCUT2D eigenvalue weighted by atomic mass is 16.5. The molecule has 3 rings (SSSR count). The lowest BCUT2D eigenvalue weighted by molar-refractivity contribution is 0.384. The molecular formula is C14H11N5O. The van der Waals surface area contributed by atoms with Gasteiger partial charge in [-0.15, -0.1) is 10.2 Å². The van der Waals surface area contributed by atoms with E-state index in [9.17, 15) is 0 Å². The van der Waals surface area contributed by atoms with Crippen molar-refractivity contribution >= 4 is 16.6 Å². The fourth-order valence-electron chi connectivity index (χ4n) is 1.99. The van der Waals surface area contributed by atoms with Gasteiger partial charge in [0.15, 0.2) is 11.5 Å². The Morgan fingerprint density at radius 3 is 2.90 bits per heavy atom. The maximum atomic E-state index is 9.15. The van der Waals surface area contributed by atoms with Crippen molar-refractivity contribution < 1.29 is 4.52 Å². The predicted molar refractivity (Wildman–Crippen MR) is 72.8 cm³/mol. The molecule has 0 fully saturated rings. The van der Waals surface area contributed by atoms with Crippen molar-refractivity contribution in [1.29, 1.82) is 5.26 Å². The van der Waals surface area contributed by atoms with Crippen LogP contribution in [0.5, 0.6) is 0 Å². The highest BCUT2D eigenvalue weighted by Gasteiger charge is 2.10. The zero-order valence-corrected chi connectivity index (χ0v) is 10.8. The minimum absolute atomic E-state index is 0.264. The summed E-state index contributed by atoms with van der Waals surface area (Å²) in [5.41, 5.74) is 2.48. The Balaban J connectivity index is 1.98. The van der Waals surface area contributed by atoms with Crippen LogP contribution in [0.25, 0.3) is 10.9 Å². The van der Waals surface area contributed by atoms with Gasteiger partial charge in [0.25, 0.3) is 0 Å². The summed E-state index contributed by atoms with van der Waals surface area (Å²) in [6.45, 7) is 2.29. The number of aromatic nitrogens is 3.